The van der Waals surface area contributed by atoms with Gasteiger partial charge in [0.05, 0.1) is 11.5 Å². The van der Waals surface area contributed by atoms with Crippen LogP contribution in [0.5, 0.6) is 0 Å². The number of carbonyl (C=O) groups excluding carboxylic acids is 2. The largest absolute Gasteiger partial charge is 0.394 e. The van der Waals surface area contributed by atoms with Gasteiger partial charge in [-0.25, -0.2) is 0 Å². The molecule has 1 atom stereocenters. The SMILES string of the molecule is CCC(C)C(=O)c1ccc(N2CC3(CCN(CC4CCN(/C(N)=C/C=C(\N)C(N)=O)CC4)C3)C2)cc1C(C)=C1CC1. The number of allylic oxidation sites excluding steroid dienone is 4. The van der Waals surface area contributed by atoms with E-state index in [-0.39, 0.29) is 17.4 Å². The molecule has 6 N–H and O–H groups in total. The van der Waals surface area contributed by atoms with E-state index in [9.17, 15) is 9.59 Å². The zero-order valence-electron chi connectivity index (χ0n) is 25.1. The van der Waals surface area contributed by atoms with Crippen LogP contribution in [0.2, 0.25) is 0 Å². The lowest BCUT2D eigenvalue weighted by Gasteiger charge is -2.50. The third-order valence-corrected chi connectivity index (χ3v) is 9.91. The molecule has 4 fully saturated rings. The van der Waals surface area contributed by atoms with Crippen molar-refractivity contribution < 1.29 is 9.59 Å². The normalized spacial score (nSPS) is 22.2. The monoisotopic (exact) mass is 560 g/mol. The topological polar surface area (TPSA) is 122 Å². The molecule has 1 unspecified atom stereocenters. The van der Waals surface area contributed by atoms with Crippen LogP contribution < -0.4 is 22.1 Å². The Hall–Kier alpha value is -3.26. The Morgan fingerprint density at radius 3 is 2.37 bits per heavy atom. The van der Waals surface area contributed by atoms with Gasteiger partial charge < -0.3 is 31.9 Å². The van der Waals surface area contributed by atoms with E-state index in [1.54, 1.807) is 6.08 Å². The highest BCUT2D eigenvalue weighted by Crippen LogP contribution is 2.44. The molecule has 0 radical (unpaired) electrons. The van der Waals surface area contributed by atoms with Gasteiger partial charge in [0.1, 0.15) is 0 Å². The van der Waals surface area contributed by atoms with Crippen LogP contribution in [0, 0.1) is 17.3 Å². The van der Waals surface area contributed by atoms with Gasteiger partial charge in [-0.15, -0.1) is 0 Å². The van der Waals surface area contributed by atoms with Gasteiger partial charge in [-0.1, -0.05) is 19.4 Å². The number of hydrogen-bond donors (Lipinski definition) is 3. The standard InChI is InChI=1S/C33H48N6O2/c1-4-22(2)31(40)27-8-7-26(17-28(27)23(3)25-5-6-25)39-20-33(21-39)13-16-37(19-33)18-24-11-14-38(15-12-24)30(35)10-9-29(34)32(36)41/h7-10,17,22,24H,4-6,11-16,18-21,34-35H2,1-3H3,(H2,36,41)/b29-9-,30-10+. The minimum atomic E-state index is -0.636. The molecule has 1 aromatic rings. The van der Waals surface area contributed by atoms with Crippen molar-refractivity contribution in [1.82, 2.24) is 9.80 Å². The van der Waals surface area contributed by atoms with Crippen molar-refractivity contribution in [3.05, 3.63) is 58.6 Å². The molecular weight excluding hydrogens is 512 g/mol. The van der Waals surface area contributed by atoms with E-state index >= 15 is 0 Å². The molecule has 3 heterocycles. The second-order valence-electron chi connectivity index (χ2n) is 13.0. The fourth-order valence-corrected chi connectivity index (χ4v) is 6.82. The maximum absolute atomic E-state index is 13.2. The number of Topliss-reactive ketones (excluding diaryl/α,β-unsaturated/α-hetero) is 1. The molecule has 3 saturated heterocycles. The Morgan fingerprint density at radius 2 is 1.73 bits per heavy atom. The quantitative estimate of drug-likeness (QED) is 0.226. The number of carbonyl (C=O) groups is 2. The van der Waals surface area contributed by atoms with Crippen LogP contribution in [0.4, 0.5) is 5.69 Å². The number of piperidine rings is 1. The smallest absolute Gasteiger partial charge is 0.264 e. The third-order valence-electron chi connectivity index (χ3n) is 9.91. The van der Waals surface area contributed by atoms with Crippen LogP contribution in [-0.2, 0) is 4.79 Å². The van der Waals surface area contributed by atoms with E-state index in [0.29, 0.717) is 17.2 Å². The number of benzene rings is 1. The van der Waals surface area contributed by atoms with Crippen molar-refractivity contribution in [2.75, 3.05) is 50.7 Å². The number of rotatable bonds is 10. The molecule has 1 saturated carbocycles. The van der Waals surface area contributed by atoms with Crippen molar-refractivity contribution in [2.45, 2.75) is 59.3 Å². The third kappa shape index (κ3) is 6.48. The highest BCUT2D eigenvalue weighted by Gasteiger charge is 2.48. The van der Waals surface area contributed by atoms with Crippen LogP contribution in [0.1, 0.15) is 75.2 Å². The summed E-state index contributed by atoms with van der Waals surface area (Å²) in [7, 11) is 0. The molecule has 1 aliphatic carbocycles. The Bertz CT molecular complexity index is 1260. The molecule has 4 aliphatic rings. The van der Waals surface area contributed by atoms with Crippen molar-refractivity contribution in [2.24, 2.45) is 34.5 Å². The highest BCUT2D eigenvalue weighted by molar-refractivity contribution is 6.02. The Labute approximate surface area is 245 Å². The molecule has 1 amide bonds. The zero-order chi connectivity index (χ0) is 29.3. The summed E-state index contributed by atoms with van der Waals surface area (Å²) in [5.74, 6) is 0.997. The van der Waals surface area contributed by atoms with Gasteiger partial charge in [-0.05, 0) is 99.4 Å². The molecule has 0 aromatic heterocycles. The maximum atomic E-state index is 13.2. The molecule has 8 nitrogen and oxygen atoms in total. The lowest BCUT2D eigenvalue weighted by molar-refractivity contribution is -0.114. The van der Waals surface area contributed by atoms with E-state index in [0.717, 1.165) is 63.1 Å². The molecule has 1 aromatic carbocycles. The maximum Gasteiger partial charge on any atom is 0.264 e. The van der Waals surface area contributed by atoms with Gasteiger partial charge >= 0.3 is 0 Å². The predicted molar refractivity (Wildman–Crippen MR) is 166 cm³/mol. The Morgan fingerprint density at radius 1 is 1.02 bits per heavy atom. The zero-order valence-corrected chi connectivity index (χ0v) is 25.1. The number of ketones is 1. The van der Waals surface area contributed by atoms with E-state index in [1.807, 2.05) is 6.92 Å². The number of nitrogens with zero attached hydrogens (tertiary/aromatic N) is 3. The van der Waals surface area contributed by atoms with Crippen molar-refractivity contribution >= 4 is 23.0 Å². The average molecular weight is 561 g/mol. The van der Waals surface area contributed by atoms with Crippen LogP contribution >= 0.6 is 0 Å². The summed E-state index contributed by atoms with van der Waals surface area (Å²) in [6, 6.07) is 6.56. The van der Waals surface area contributed by atoms with Gasteiger partial charge in [0, 0.05) is 61.9 Å². The molecule has 5 rings (SSSR count). The number of hydrogen-bond acceptors (Lipinski definition) is 7. The van der Waals surface area contributed by atoms with Crippen LogP contribution in [0.15, 0.2) is 47.4 Å². The number of likely N-dealkylation sites (tertiary alicyclic amines) is 2. The van der Waals surface area contributed by atoms with Gasteiger partial charge in [0.15, 0.2) is 5.78 Å². The fourth-order valence-electron chi connectivity index (χ4n) is 6.82. The molecule has 1 spiro atoms. The van der Waals surface area contributed by atoms with Crippen molar-refractivity contribution in [3.63, 3.8) is 0 Å². The Kier molecular flexibility index (Phi) is 8.50. The van der Waals surface area contributed by atoms with Gasteiger partial charge in [0.2, 0.25) is 0 Å². The molecular formula is C33H48N6O2. The summed E-state index contributed by atoms with van der Waals surface area (Å²) in [5.41, 5.74) is 23.5. The first-order valence-corrected chi connectivity index (χ1v) is 15.4. The number of primary amides is 1. The summed E-state index contributed by atoms with van der Waals surface area (Å²) >= 11 is 0. The van der Waals surface area contributed by atoms with E-state index in [4.69, 9.17) is 17.2 Å². The van der Waals surface area contributed by atoms with Gasteiger partial charge in [-0.2, -0.15) is 0 Å². The van der Waals surface area contributed by atoms with Crippen molar-refractivity contribution in [3.8, 4) is 0 Å². The summed E-state index contributed by atoms with van der Waals surface area (Å²) in [5, 5.41) is 0. The second-order valence-corrected chi connectivity index (χ2v) is 13.0. The van der Waals surface area contributed by atoms with E-state index in [1.165, 1.54) is 55.3 Å². The second kappa shape index (κ2) is 11.9. The minimum absolute atomic E-state index is 0.0141. The first kappa shape index (κ1) is 29.2. The average Bonchev–Trinajstić information content (AvgIpc) is 3.73. The minimum Gasteiger partial charge on any atom is -0.394 e. The van der Waals surface area contributed by atoms with Crippen molar-refractivity contribution in [1.29, 1.82) is 0 Å². The Balaban J connectivity index is 1.14. The highest BCUT2D eigenvalue weighted by atomic mass is 16.1. The molecule has 41 heavy (non-hydrogen) atoms. The van der Waals surface area contributed by atoms with Gasteiger partial charge in [0.25, 0.3) is 5.91 Å². The van der Waals surface area contributed by atoms with Crippen LogP contribution in [0.3, 0.4) is 0 Å². The van der Waals surface area contributed by atoms with Gasteiger partial charge in [-0.3, -0.25) is 9.59 Å². The molecule has 222 valence electrons. The number of nitrogens with two attached hydrogens (primary N) is 3. The summed E-state index contributed by atoms with van der Waals surface area (Å²) in [6.07, 6.45) is 9.85. The lowest BCUT2D eigenvalue weighted by Crippen LogP contribution is -2.58. The number of anilines is 1. The first-order valence-electron chi connectivity index (χ1n) is 15.4. The van der Waals surface area contributed by atoms with Crippen LogP contribution in [-0.4, -0.2) is 67.3 Å². The summed E-state index contributed by atoms with van der Waals surface area (Å²) < 4.78 is 0. The number of amides is 1. The van der Waals surface area contributed by atoms with E-state index in [2.05, 4.69) is 46.7 Å². The molecule has 0 bridgehead atoms. The molecule has 8 heteroatoms. The lowest BCUT2D eigenvalue weighted by atomic mass is 9.78. The van der Waals surface area contributed by atoms with Crippen LogP contribution in [0.25, 0.3) is 5.57 Å². The summed E-state index contributed by atoms with van der Waals surface area (Å²) in [4.78, 5) is 31.6. The van der Waals surface area contributed by atoms with E-state index < -0.39 is 5.91 Å². The predicted octanol–water partition coefficient (Wildman–Crippen LogP) is 3.83. The fraction of sp³-hybridized carbons (Fsp3) is 0.576. The first-order chi connectivity index (χ1) is 19.6. The summed E-state index contributed by atoms with van der Waals surface area (Å²) in [6.45, 7) is 13.9. The molecule has 3 aliphatic heterocycles.